The molecule has 5 aliphatic rings. The van der Waals surface area contributed by atoms with Crippen LogP contribution in [0.3, 0.4) is 0 Å². The number of rotatable bonds is 7. The molecule has 1 aromatic rings. The van der Waals surface area contributed by atoms with E-state index in [1.54, 1.807) is 24.3 Å². The van der Waals surface area contributed by atoms with Gasteiger partial charge in [-0.3, -0.25) is 24.1 Å². The molecule has 6 rings (SSSR count). The number of amides is 3. The maximum Gasteiger partial charge on any atom is 0.261 e. The Labute approximate surface area is 244 Å². The number of ketones is 1. The average molecular weight is 560 g/mol. The predicted molar refractivity (Wildman–Crippen MR) is 157 cm³/mol. The molecule has 1 aromatic carbocycles. The van der Waals surface area contributed by atoms with Gasteiger partial charge in [0.1, 0.15) is 0 Å². The van der Waals surface area contributed by atoms with Gasteiger partial charge in [0.15, 0.2) is 5.78 Å². The Balaban J connectivity index is 1.23. The van der Waals surface area contributed by atoms with E-state index >= 15 is 0 Å². The Morgan fingerprint density at radius 3 is 2.27 bits per heavy atom. The van der Waals surface area contributed by atoms with E-state index in [0.717, 1.165) is 57.4 Å². The number of fused-ring (bicyclic) bond motifs is 6. The molecule has 3 fully saturated rings. The summed E-state index contributed by atoms with van der Waals surface area (Å²) in [7, 11) is 0. The molecule has 7 nitrogen and oxygen atoms in total. The quantitative estimate of drug-likeness (QED) is 0.431. The van der Waals surface area contributed by atoms with Crippen LogP contribution in [0.15, 0.2) is 36.0 Å². The lowest BCUT2D eigenvalue weighted by atomic mass is 9.49. The lowest BCUT2D eigenvalue weighted by molar-refractivity contribution is -0.143. The van der Waals surface area contributed by atoms with Crippen LogP contribution in [-0.2, 0) is 9.59 Å². The summed E-state index contributed by atoms with van der Waals surface area (Å²) in [5.41, 5.74) is 2.09. The van der Waals surface area contributed by atoms with Crippen LogP contribution in [0.4, 0.5) is 0 Å². The van der Waals surface area contributed by atoms with Gasteiger partial charge >= 0.3 is 0 Å². The number of likely N-dealkylation sites (tertiary alicyclic amines) is 1. The first-order chi connectivity index (χ1) is 19.6. The number of piperidine rings is 1. The molecule has 7 heteroatoms. The molecule has 2 saturated carbocycles. The number of allylic oxidation sites excluding steroid dienone is 2. The fourth-order valence-corrected chi connectivity index (χ4v) is 9.65. The second-order valence-electron chi connectivity index (χ2n) is 13.6. The highest BCUT2D eigenvalue weighted by Crippen LogP contribution is 2.65. The van der Waals surface area contributed by atoms with Crippen LogP contribution in [0.5, 0.6) is 0 Å². The summed E-state index contributed by atoms with van der Waals surface area (Å²) in [4.78, 5) is 58.0. The smallest absolute Gasteiger partial charge is 0.261 e. The summed E-state index contributed by atoms with van der Waals surface area (Å²) in [6, 6.07) is 7.05. The summed E-state index contributed by atoms with van der Waals surface area (Å²) in [5, 5.41) is 0. The van der Waals surface area contributed by atoms with Crippen LogP contribution < -0.4 is 0 Å². The number of imide groups is 1. The van der Waals surface area contributed by atoms with E-state index in [1.807, 2.05) is 11.0 Å². The van der Waals surface area contributed by atoms with Crippen LogP contribution in [0.25, 0.3) is 0 Å². The van der Waals surface area contributed by atoms with E-state index in [1.165, 1.54) is 4.90 Å². The highest BCUT2D eigenvalue weighted by molar-refractivity contribution is 6.21. The SMILES string of the molecule is CCN(CC)C(=O)[C@H]1CC[C@H]2[C@@H]3CN(CCCN4C(=O)c5ccccc5C4=O)C4=CC(=O)CC[C@]4(C)[C@H]3CC[C@]12C. The molecule has 0 N–H and O–H groups in total. The summed E-state index contributed by atoms with van der Waals surface area (Å²) in [6.07, 6.45) is 8.27. The van der Waals surface area contributed by atoms with E-state index in [4.69, 9.17) is 0 Å². The van der Waals surface area contributed by atoms with E-state index in [2.05, 4.69) is 32.6 Å². The number of carbonyl (C=O) groups is 4. The van der Waals surface area contributed by atoms with Crippen LogP contribution in [-0.4, -0.2) is 70.9 Å². The van der Waals surface area contributed by atoms with E-state index in [9.17, 15) is 19.2 Å². The van der Waals surface area contributed by atoms with E-state index < -0.39 is 0 Å². The zero-order chi connectivity index (χ0) is 29.1. The van der Waals surface area contributed by atoms with Gasteiger partial charge in [0, 0.05) is 62.3 Å². The average Bonchev–Trinajstić information content (AvgIpc) is 3.44. The van der Waals surface area contributed by atoms with Gasteiger partial charge < -0.3 is 9.80 Å². The zero-order valence-corrected chi connectivity index (χ0v) is 25.2. The van der Waals surface area contributed by atoms with Crippen LogP contribution in [0, 0.1) is 34.5 Å². The summed E-state index contributed by atoms with van der Waals surface area (Å²) in [6.45, 7) is 12.4. The Bertz CT molecular complexity index is 1270. The third-order valence-electron chi connectivity index (χ3n) is 11.9. The number of hydrogen-bond donors (Lipinski definition) is 0. The Kier molecular flexibility index (Phi) is 7.14. The molecule has 3 amide bonds. The van der Waals surface area contributed by atoms with Gasteiger partial charge in [0.2, 0.25) is 5.91 Å². The van der Waals surface area contributed by atoms with Crippen molar-refractivity contribution < 1.29 is 19.2 Å². The minimum Gasteiger partial charge on any atom is -0.374 e. The minimum atomic E-state index is -0.209. The van der Waals surface area contributed by atoms with Gasteiger partial charge in [0.05, 0.1) is 11.1 Å². The first-order valence-corrected chi connectivity index (χ1v) is 15.9. The van der Waals surface area contributed by atoms with Crippen molar-refractivity contribution in [3.63, 3.8) is 0 Å². The summed E-state index contributed by atoms with van der Waals surface area (Å²) >= 11 is 0. The normalized spacial score (nSPS) is 34.1. The van der Waals surface area contributed by atoms with Crippen LogP contribution >= 0.6 is 0 Å². The molecule has 0 unspecified atom stereocenters. The first-order valence-electron chi connectivity index (χ1n) is 15.9. The standard InChI is InChI=1S/C34H45N3O4/c1-5-35(6-2)32(41)28-13-12-26-25-21-36(18-9-19-37-30(39)23-10-7-8-11-24(23)31(37)40)29-20-22(38)14-16-34(29,4)27(25)15-17-33(26,28)3/h7-8,10-11,20,25-28H,5-6,9,12-19,21H2,1-4H3/t25-,26-,27-,28+,33-,34+/m0/s1. The molecule has 41 heavy (non-hydrogen) atoms. The fourth-order valence-electron chi connectivity index (χ4n) is 9.65. The van der Waals surface area contributed by atoms with Crippen molar-refractivity contribution in [2.24, 2.45) is 34.5 Å². The van der Waals surface area contributed by atoms with Gasteiger partial charge in [-0.25, -0.2) is 0 Å². The van der Waals surface area contributed by atoms with E-state index in [0.29, 0.717) is 60.7 Å². The molecule has 0 bridgehead atoms. The third kappa shape index (κ3) is 4.28. The van der Waals surface area contributed by atoms with Crippen LogP contribution in [0.2, 0.25) is 0 Å². The zero-order valence-electron chi connectivity index (χ0n) is 25.2. The number of carbonyl (C=O) groups excluding carboxylic acids is 4. The molecule has 220 valence electrons. The highest BCUT2D eigenvalue weighted by Gasteiger charge is 2.61. The maximum atomic E-state index is 13.6. The monoisotopic (exact) mass is 559 g/mol. The van der Waals surface area contributed by atoms with Crippen molar-refractivity contribution in [2.45, 2.75) is 72.6 Å². The van der Waals surface area contributed by atoms with Gasteiger partial charge in [0.25, 0.3) is 11.8 Å². The number of hydrogen-bond acceptors (Lipinski definition) is 5. The largest absolute Gasteiger partial charge is 0.374 e. The molecule has 2 heterocycles. The molecular formula is C34H45N3O4. The van der Waals surface area contributed by atoms with Crippen LogP contribution in [0.1, 0.15) is 93.4 Å². The van der Waals surface area contributed by atoms with Gasteiger partial charge in [-0.1, -0.05) is 26.0 Å². The molecule has 0 aromatic heterocycles. The van der Waals surface area contributed by atoms with Gasteiger partial charge in [-0.2, -0.15) is 0 Å². The highest BCUT2D eigenvalue weighted by atomic mass is 16.2. The van der Waals surface area contributed by atoms with Crippen molar-refractivity contribution in [1.82, 2.24) is 14.7 Å². The maximum absolute atomic E-state index is 13.6. The molecule has 3 aliphatic carbocycles. The van der Waals surface area contributed by atoms with Crippen molar-refractivity contribution >= 4 is 23.5 Å². The number of benzene rings is 1. The Morgan fingerprint density at radius 1 is 0.927 bits per heavy atom. The lowest BCUT2D eigenvalue weighted by Gasteiger charge is -2.61. The van der Waals surface area contributed by atoms with Crippen molar-refractivity contribution in [1.29, 1.82) is 0 Å². The predicted octanol–water partition coefficient (Wildman–Crippen LogP) is 5.17. The Morgan fingerprint density at radius 2 is 1.61 bits per heavy atom. The second-order valence-corrected chi connectivity index (χ2v) is 13.6. The minimum absolute atomic E-state index is 0.00867. The second kappa shape index (κ2) is 10.4. The topological polar surface area (TPSA) is 78.0 Å². The summed E-state index contributed by atoms with van der Waals surface area (Å²) in [5.74, 6) is 1.68. The van der Waals surface area contributed by atoms with Crippen molar-refractivity contribution in [3.05, 3.63) is 47.2 Å². The molecule has 0 spiro atoms. The molecular weight excluding hydrogens is 514 g/mol. The number of nitrogens with zero attached hydrogens (tertiary/aromatic N) is 3. The molecule has 6 atom stereocenters. The van der Waals surface area contributed by atoms with E-state index in [-0.39, 0.29) is 34.3 Å². The fraction of sp³-hybridized carbons (Fsp3) is 0.647. The summed E-state index contributed by atoms with van der Waals surface area (Å²) < 4.78 is 0. The van der Waals surface area contributed by atoms with Gasteiger partial charge in [-0.05, 0) is 87.7 Å². The molecule has 2 aliphatic heterocycles. The molecule has 1 saturated heterocycles. The van der Waals surface area contributed by atoms with Crippen molar-refractivity contribution in [3.8, 4) is 0 Å². The first kappa shape index (κ1) is 28.2. The Hall–Kier alpha value is -2.96. The third-order valence-corrected chi connectivity index (χ3v) is 11.9. The van der Waals surface area contributed by atoms with Crippen molar-refractivity contribution in [2.75, 3.05) is 32.7 Å². The lowest BCUT2D eigenvalue weighted by Crippen LogP contribution is -2.58. The molecule has 0 radical (unpaired) electrons. The van der Waals surface area contributed by atoms with Gasteiger partial charge in [-0.15, -0.1) is 0 Å².